The molecule has 1 aromatic carbocycles. The summed E-state index contributed by atoms with van der Waals surface area (Å²) in [7, 11) is 1.64. The van der Waals surface area contributed by atoms with Crippen LogP contribution in [0.4, 0.5) is 0 Å². The third-order valence-electron chi connectivity index (χ3n) is 3.46. The van der Waals surface area contributed by atoms with Gasteiger partial charge in [-0.25, -0.2) is 0 Å². The Morgan fingerprint density at radius 3 is 2.33 bits per heavy atom. The summed E-state index contributed by atoms with van der Waals surface area (Å²) < 4.78 is 5.15. The molecule has 0 fully saturated rings. The number of benzene rings is 1. The fourth-order valence-corrected chi connectivity index (χ4v) is 2.19. The van der Waals surface area contributed by atoms with Gasteiger partial charge in [0.25, 0.3) is 5.91 Å². The molecule has 0 atom stereocenters. The van der Waals surface area contributed by atoms with E-state index in [0.29, 0.717) is 18.7 Å². The van der Waals surface area contributed by atoms with Crippen molar-refractivity contribution in [1.29, 1.82) is 0 Å². The van der Waals surface area contributed by atoms with E-state index < -0.39 is 0 Å². The summed E-state index contributed by atoms with van der Waals surface area (Å²) in [6, 6.07) is 9.60. The second-order valence-corrected chi connectivity index (χ2v) is 4.67. The van der Waals surface area contributed by atoms with Crippen molar-refractivity contribution in [3.05, 3.63) is 48.3 Å². The molecule has 0 aliphatic heterocycles. The minimum Gasteiger partial charge on any atom is -0.497 e. The van der Waals surface area contributed by atoms with Crippen molar-refractivity contribution >= 4 is 5.91 Å². The molecule has 0 spiro atoms. The average Bonchev–Trinajstić information content (AvgIpc) is 2.56. The van der Waals surface area contributed by atoms with Crippen LogP contribution < -0.4 is 4.74 Å². The van der Waals surface area contributed by atoms with E-state index in [4.69, 9.17) is 4.74 Å². The Morgan fingerprint density at radius 2 is 1.76 bits per heavy atom. The zero-order chi connectivity index (χ0) is 15.2. The van der Waals surface area contributed by atoms with Gasteiger partial charge in [-0.2, -0.15) is 0 Å². The summed E-state index contributed by atoms with van der Waals surface area (Å²) in [4.78, 5) is 18.3. The first-order chi connectivity index (χ1) is 10.2. The minimum atomic E-state index is 0.0165. The fourth-order valence-electron chi connectivity index (χ4n) is 2.19. The number of carbonyl (C=O) groups excluding carboxylic acids is 1. The number of carbonyl (C=O) groups is 1. The third kappa shape index (κ3) is 3.40. The Kier molecular flexibility index (Phi) is 4.93. The smallest absolute Gasteiger partial charge is 0.255 e. The molecule has 110 valence electrons. The van der Waals surface area contributed by atoms with E-state index in [1.165, 1.54) is 0 Å². The molecule has 0 bridgehead atoms. The zero-order valence-corrected chi connectivity index (χ0v) is 12.7. The van der Waals surface area contributed by atoms with Gasteiger partial charge >= 0.3 is 0 Å². The van der Waals surface area contributed by atoms with Crippen LogP contribution in [0, 0.1) is 0 Å². The number of hydrogen-bond acceptors (Lipinski definition) is 3. The Morgan fingerprint density at radius 1 is 1.10 bits per heavy atom. The maximum absolute atomic E-state index is 12.4. The highest BCUT2D eigenvalue weighted by molar-refractivity contribution is 5.95. The predicted molar refractivity (Wildman–Crippen MR) is 83.5 cm³/mol. The maximum atomic E-state index is 12.4. The van der Waals surface area contributed by atoms with Gasteiger partial charge in [-0.1, -0.05) is 12.1 Å². The Balaban J connectivity index is 2.30. The number of nitrogens with zero attached hydrogens (tertiary/aromatic N) is 2. The predicted octanol–water partition coefficient (Wildman–Crippen LogP) is 3.24. The minimum absolute atomic E-state index is 0.0165. The quantitative estimate of drug-likeness (QED) is 0.846. The molecule has 0 aliphatic rings. The second kappa shape index (κ2) is 6.88. The molecule has 0 saturated heterocycles. The summed E-state index contributed by atoms with van der Waals surface area (Å²) in [6.07, 6.45) is 3.38. The molecule has 4 heteroatoms. The first-order valence-electron chi connectivity index (χ1n) is 7.08. The highest BCUT2D eigenvalue weighted by atomic mass is 16.5. The van der Waals surface area contributed by atoms with Crippen LogP contribution in [0.15, 0.2) is 42.7 Å². The number of methoxy groups -OCH3 is 1. The van der Waals surface area contributed by atoms with Crippen LogP contribution in [-0.4, -0.2) is 36.0 Å². The molecule has 0 unspecified atom stereocenters. The van der Waals surface area contributed by atoms with Gasteiger partial charge in [0.2, 0.25) is 0 Å². The van der Waals surface area contributed by atoms with E-state index in [2.05, 4.69) is 4.98 Å². The summed E-state index contributed by atoms with van der Waals surface area (Å²) in [6.45, 7) is 5.34. The lowest BCUT2D eigenvalue weighted by atomic mass is 10.1. The van der Waals surface area contributed by atoms with Gasteiger partial charge in [-0.15, -0.1) is 0 Å². The standard InChI is InChI=1S/C17H20N2O2/c1-4-19(5-2)17(20)15-10-14(11-18-12-15)13-6-8-16(21-3)9-7-13/h6-12H,4-5H2,1-3H3. The SMILES string of the molecule is CCN(CC)C(=O)c1cncc(-c2ccc(OC)cc2)c1. The van der Waals surface area contributed by atoms with Gasteiger partial charge in [0.1, 0.15) is 5.75 Å². The topological polar surface area (TPSA) is 42.4 Å². The van der Waals surface area contributed by atoms with E-state index in [1.807, 2.05) is 44.2 Å². The van der Waals surface area contributed by atoms with Gasteiger partial charge in [0.05, 0.1) is 12.7 Å². The number of rotatable bonds is 5. The Labute approximate surface area is 125 Å². The summed E-state index contributed by atoms with van der Waals surface area (Å²) in [5, 5.41) is 0. The first kappa shape index (κ1) is 15.0. The summed E-state index contributed by atoms with van der Waals surface area (Å²) in [5.74, 6) is 0.824. The normalized spacial score (nSPS) is 10.2. The van der Waals surface area contributed by atoms with Gasteiger partial charge in [0.15, 0.2) is 0 Å². The summed E-state index contributed by atoms with van der Waals surface area (Å²) in [5.41, 5.74) is 2.56. The van der Waals surface area contributed by atoms with Crippen molar-refractivity contribution in [2.24, 2.45) is 0 Å². The Bertz CT molecular complexity index is 604. The van der Waals surface area contributed by atoms with Crippen molar-refractivity contribution in [2.45, 2.75) is 13.8 Å². The molecule has 1 heterocycles. The molecule has 0 radical (unpaired) electrons. The van der Waals surface area contributed by atoms with Crippen LogP contribution in [0.2, 0.25) is 0 Å². The van der Waals surface area contributed by atoms with E-state index in [0.717, 1.165) is 16.9 Å². The number of hydrogen-bond donors (Lipinski definition) is 0. The van der Waals surface area contributed by atoms with Crippen molar-refractivity contribution in [3.8, 4) is 16.9 Å². The van der Waals surface area contributed by atoms with Gasteiger partial charge in [-0.05, 0) is 37.6 Å². The molecule has 1 amide bonds. The summed E-state index contributed by atoms with van der Waals surface area (Å²) >= 11 is 0. The van der Waals surface area contributed by atoms with Crippen molar-refractivity contribution in [1.82, 2.24) is 9.88 Å². The molecule has 0 saturated carbocycles. The van der Waals surface area contributed by atoms with Crippen LogP contribution >= 0.6 is 0 Å². The largest absolute Gasteiger partial charge is 0.497 e. The number of aromatic nitrogens is 1. The highest BCUT2D eigenvalue weighted by Gasteiger charge is 2.13. The van der Waals surface area contributed by atoms with Crippen LogP contribution in [-0.2, 0) is 0 Å². The van der Waals surface area contributed by atoms with E-state index in [-0.39, 0.29) is 5.91 Å². The third-order valence-corrected chi connectivity index (χ3v) is 3.46. The van der Waals surface area contributed by atoms with E-state index >= 15 is 0 Å². The fraction of sp³-hybridized carbons (Fsp3) is 0.294. The van der Waals surface area contributed by atoms with Crippen molar-refractivity contribution in [2.75, 3.05) is 20.2 Å². The highest BCUT2D eigenvalue weighted by Crippen LogP contribution is 2.22. The molecule has 1 aromatic heterocycles. The molecule has 4 nitrogen and oxygen atoms in total. The number of ether oxygens (including phenoxy) is 1. The van der Waals surface area contributed by atoms with Crippen LogP contribution in [0.1, 0.15) is 24.2 Å². The van der Waals surface area contributed by atoms with Gasteiger partial charge in [-0.3, -0.25) is 9.78 Å². The first-order valence-corrected chi connectivity index (χ1v) is 7.08. The zero-order valence-electron chi connectivity index (χ0n) is 12.7. The van der Waals surface area contributed by atoms with Gasteiger partial charge in [0, 0.05) is 31.0 Å². The maximum Gasteiger partial charge on any atom is 0.255 e. The monoisotopic (exact) mass is 284 g/mol. The number of amides is 1. The number of pyridine rings is 1. The molecule has 0 aliphatic carbocycles. The lowest BCUT2D eigenvalue weighted by Crippen LogP contribution is -2.30. The van der Waals surface area contributed by atoms with Crippen LogP contribution in [0.5, 0.6) is 5.75 Å². The van der Waals surface area contributed by atoms with Crippen LogP contribution in [0.3, 0.4) is 0 Å². The molecular formula is C17H20N2O2. The van der Waals surface area contributed by atoms with Crippen molar-refractivity contribution in [3.63, 3.8) is 0 Å². The molecule has 0 N–H and O–H groups in total. The lowest BCUT2D eigenvalue weighted by molar-refractivity contribution is 0.0772. The van der Waals surface area contributed by atoms with Crippen molar-refractivity contribution < 1.29 is 9.53 Å². The molecule has 21 heavy (non-hydrogen) atoms. The second-order valence-electron chi connectivity index (χ2n) is 4.67. The Hall–Kier alpha value is -2.36. The van der Waals surface area contributed by atoms with E-state index in [9.17, 15) is 4.79 Å². The van der Waals surface area contributed by atoms with E-state index in [1.54, 1.807) is 24.4 Å². The average molecular weight is 284 g/mol. The van der Waals surface area contributed by atoms with Crippen LogP contribution in [0.25, 0.3) is 11.1 Å². The molecule has 2 aromatic rings. The molecular weight excluding hydrogens is 264 g/mol. The lowest BCUT2D eigenvalue weighted by Gasteiger charge is -2.18. The van der Waals surface area contributed by atoms with Gasteiger partial charge < -0.3 is 9.64 Å². The molecule has 2 rings (SSSR count).